The van der Waals surface area contributed by atoms with Gasteiger partial charge in [0.05, 0.1) is 5.92 Å². The van der Waals surface area contributed by atoms with Crippen molar-refractivity contribution in [3.05, 3.63) is 35.9 Å². The summed E-state index contributed by atoms with van der Waals surface area (Å²) in [6, 6.07) is 10.5. The van der Waals surface area contributed by atoms with Crippen molar-refractivity contribution in [3.8, 4) is 0 Å². The number of likely N-dealkylation sites (tertiary alicyclic amines) is 2. The lowest BCUT2D eigenvalue weighted by Crippen LogP contribution is -2.41. The van der Waals surface area contributed by atoms with Gasteiger partial charge in [0.15, 0.2) is 0 Å². The Morgan fingerprint density at radius 2 is 1.71 bits per heavy atom. The average molecular weight is 406 g/mol. The molecule has 2 amide bonds. The molecule has 6 heteroatoms. The predicted molar refractivity (Wildman–Crippen MR) is 112 cm³/mol. The van der Waals surface area contributed by atoms with Crippen LogP contribution in [0.2, 0.25) is 0 Å². The maximum Gasteiger partial charge on any atom is 0.228 e. The highest BCUT2D eigenvalue weighted by molar-refractivity contribution is 5.89. The summed E-state index contributed by atoms with van der Waals surface area (Å²) in [6.45, 7) is 4.13. The normalized spacial score (nSPS) is 33.1. The zero-order valence-electron chi connectivity index (χ0n) is 16.6. The maximum atomic E-state index is 13.1. The summed E-state index contributed by atoms with van der Waals surface area (Å²) in [5, 5.41) is 0. The predicted octanol–water partition coefficient (Wildman–Crippen LogP) is 2.79. The minimum atomic E-state index is -0.196. The molecule has 1 aromatic rings. The van der Waals surface area contributed by atoms with Crippen LogP contribution in [0, 0.1) is 11.8 Å². The van der Waals surface area contributed by atoms with Gasteiger partial charge in [-0.2, -0.15) is 0 Å². The number of halogens is 1. The summed E-state index contributed by atoms with van der Waals surface area (Å²) in [5.74, 6) is 1.03. The van der Waals surface area contributed by atoms with E-state index in [0.717, 1.165) is 18.8 Å². The number of amides is 2. The van der Waals surface area contributed by atoms with Crippen LogP contribution < -0.4 is 5.73 Å². The summed E-state index contributed by atoms with van der Waals surface area (Å²) >= 11 is 0. The van der Waals surface area contributed by atoms with Crippen LogP contribution in [0.4, 0.5) is 0 Å². The Labute approximate surface area is 174 Å². The lowest BCUT2D eigenvalue weighted by atomic mass is 9.86. The Morgan fingerprint density at radius 1 is 1.04 bits per heavy atom. The van der Waals surface area contributed by atoms with Crippen LogP contribution in [-0.4, -0.2) is 53.3 Å². The molecule has 2 saturated heterocycles. The van der Waals surface area contributed by atoms with Gasteiger partial charge in [0.1, 0.15) is 0 Å². The number of carbonyl (C=O) groups is 2. The number of hydrogen-bond donors (Lipinski definition) is 1. The number of nitrogens with two attached hydrogens (primary N) is 1. The van der Waals surface area contributed by atoms with Crippen LogP contribution in [0.1, 0.15) is 50.5 Å². The minimum Gasteiger partial charge on any atom is -0.340 e. The van der Waals surface area contributed by atoms with Gasteiger partial charge < -0.3 is 15.5 Å². The highest BCUT2D eigenvalue weighted by atomic mass is 35.5. The first-order valence-corrected chi connectivity index (χ1v) is 10.4. The Hall–Kier alpha value is -1.59. The van der Waals surface area contributed by atoms with Crippen molar-refractivity contribution in [2.45, 2.75) is 57.0 Å². The summed E-state index contributed by atoms with van der Waals surface area (Å²) in [4.78, 5) is 29.5. The van der Waals surface area contributed by atoms with E-state index in [-0.39, 0.29) is 42.1 Å². The molecule has 1 saturated carbocycles. The van der Waals surface area contributed by atoms with Gasteiger partial charge in [-0.25, -0.2) is 0 Å². The van der Waals surface area contributed by atoms with Crippen molar-refractivity contribution in [3.63, 3.8) is 0 Å². The third kappa shape index (κ3) is 4.20. The first kappa shape index (κ1) is 21.1. The van der Waals surface area contributed by atoms with E-state index in [4.69, 9.17) is 5.73 Å². The Bertz CT molecular complexity index is 690. The van der Waals surface area contributed by atoms with Gasteiger partial charge in [-0.3, -0.25) is 9.59 Å². The summed E-state index contributed by atoms with van der Waals surface area (Å²) < 4.78 is 0. The number of benzene rings is 1. The molecule has 0 bridgehead atoms. The van der Waals surface area contributed by atoms with E-state index in [9.17, 15) is 9.59 Å². The number of rotatable bonds is 3. The van der Waals surface area contributed by atoms with Crippen LogP contribution in [0.15, 0.2) is 30.3 Å². The molecule has 1 aliphatic carbocycles. The number of hydrogen-bond acceptors (Lipinski definition) is 3. The molecule has 0 aromatic heterocycles. The van der Waals surface area contributed by atoms with Crippen molar-refractivity contribution in [1.82, 2.24) is 9.80 Å². The molecule has 2 heterocycles. The van der Waals surface area contributed by atoms with E-state index in [1.807, 2.05) is 28.0 Å². The van der Waals surface area contributed by atoms with Gasteiger partial charge in [-0.05, 0) is 37.2 Å². The molecule has 3 atom stereocenters. The highest BCUT2D eigenvalue weighted by Crippen LogP contribution is 2.33. The summed E-state index contributed by atoms with van der Waals surface area (Å²) in [5.41, 5.74) is 7.55. The summed E-state index contributed by atoms with van der Waals surface area (Å²) in [7, 11) is 0. The maximum absolute atomic E-state index is 13.1. The van der Waals surface area contributed by atoms with E-state index >= 15 is 0 Å². The molecular formula is C22H32ClN3O2. The molecule has 5 nitrogen and oxygen atoms in total. The van der Waals surface area contributed by atoms with Gasteiger partial charge in [-0.15, -0.1) is 12.4 Å². The second-order valence-electron chi connectivity index (χ2n) is 8.79. The minimum absolute atomic E-state index is 0. The molecule has 4 rings (SSSR count). The molecule has 28 heavy (non-hydrogen) atoms. The molecule has 2 N–H and O–H groups in total. The average Bonchev–Trinajstić information content (AvgIpc) is 3.26. The standard InChI is InChI=1S/C22H31N3O2.ClH/c1-15-7-9-18(10-8-15)25-12-17(11-21(25)26)22(27)24-13-19(20(23)14-24)16-5-3-2-4-6-16;/h2-6,15,17-20H,7-14,23H2,1H3;1H/t15?,17?,18?,19-,20+;/m0./s1. The Balaban J connectivity index is 0.00000225. The van der Waals surface area contributed by atoms with Crippen LogP contribution >= 0.6 is 12.4 Å². The van der Waals surface area contributed by atoms with Crippen LogP contribution in [0.3, 0.4) is 0 Å². The molecule has 3 fully saturated rings. The SMILES string of the molecule is CC1CCC(N2CC(C(=O)N3C[C@@H](N)[C@H](c4ccccc4)C3)CC2=O)CC1.Cl. The van der Waals surface area contributed by atoms with Crippen molar-refractivity contribution >= 4 is 24.2 Å². The molecule has 2 aliphatic heterocycles. The van der Waals surface area contributed by atoms with E-state index in [1.165, 1.54) is 18.4 Å². The van der Waals surface area contributed by atoms with Crippen LogP contribution in [0.25, 0.3) is 0 Å². The van der Waals surface area contributed by atoms with Crippen molar-refractivity contribution in [2.75, 3.05) is 19.6 Å². The zero-order chi connectivity index (χ0) is 19.0. The third-order valence-corrected chi connectivity index (χ3v) is 6.84. The van der Waals surface area contributed by atoms with Gasteiger partial charge in [0.2, 0.25) is 11.8 Å². The van der Waals surface area contributed by atoms with Crippen molar-refractivity contribution < 1.29 is 9.59 Å². The lowest BCUT2D eigenvalue weighted by molar-refractivity contribution is -0.135. The number of nitrogens with zero attached hydrogens (tertiary/aromatic N) is 2. The molecule has 0 spiro atoms. The molecule has 154 valence electrons. The van der Waals surface area contributed by atoms with Gasteiger partial charge >= 0.3 is 0 Å². The lowest BCUT2D eigenvalue weighted by Gasteiger charge is -2.33. The van der Waals surface area contributed by atoms with Gasteiger partial charge in [0.25, 0.3) is 0 Å². The first-order valence-electron chi connectivity index (χ1n) is 10.4. The molecule has 3 aliphatic rings. The first-order chi connectivity index (χ1) is 13.0. The summed E-state index contributed by atoms with van der Waals surface area (Å²) in [6.07, 6.45) is 4.91. The third-order valence-electron chi connectivity index (χ3n) is 6.84. The van der Waals surface area contributed by atoms with E-state index in [1.54, 1.807) is 0 Å². The van der Waals surface area contributed by atoms with Crippen molar-refractivity contribution in [2.24, 2.45) is 17.6 Å². The molecule has 1 unspecified atom stereocenters. The van der Waals surface area contributed by atoms with Gasteiger partial charge in [0, 0.05) is 44.1 Å². The number of carbonyl (C=O) groups excluding carboxylic acids is 2. The van der Waals surface area contributed by atoms with E-state index < -0.39 is 0 Å². The topological polar surface area (TPSA) is 66.6 Å². The molecule has 0 radical (unpaired) electrons. The Kier molecular flexibility index (Phi) is 6.66. The van der Waals surface area contributed by atoms with E-state index in [0.29, 0.717) is 32.1 Å². The zero-order valence-corrected chi connectivity index (χ0v) is 17.4. The smallest absolute Gasteiger partial charge is 0.228 e. The molecular weight excluding hydrogens is 374 g/mol. The van der Waals surface area contributed by atoms with Crippen LogP contribution in [-0.2, 0) is 9.59 Å². The van der Waals surface area contributed by atoms with Crippen molar-refractivity contribution in [1.29, 1.82) is 0 Å². The largest absolute Gasteiger partial charge is 0.340 e. The van der Waals surface area contributed by atoms with Gasteiger partial charge in [-0.1, -0.05) is 37.3 Å². The second-order valence-corrected chi connectivity index (χ2v) is 8.79. The fraction of sp³-hybridized carbons (Fsp3) is 0.636. The highest BCUT2D eigenvalue weighted by Gasteiger charge is 2.42. The molecule has 1 aromatic carbocycles. The Morgan fingerprint density at radius 3 is 2.39 bits per heavy atom. The fourth-order valence-electron chi connectivity index (χ4n) is 5.12. The van der Waals surface area contributed by atoms with Crippen LogP contribution in [0.5, 0.6) is 0 Å². The monoisotopic (exact) mass is 405 g/mol. The fourth-order valence-corrected chi connectivity index (χ4v) is 5.12. The second kappa shape index (κ2) is 8.83. The quantitative estimate of drug-likeness (QED) is 0.840. The van der Waals surface area contributed by atoms with E-state index in [2.05, 4.69) is 19.1 Å².